The van der Waals surface area contributed by atoms with Gasteiger partial charge in [-0.05, 0) is 46.1 Å². The van der Waals surface area contributed by atoms with Gasteiger partial charge in [0.25, 0.3) is 0 Å². The van der Waals surface area contributed by atoms with Crippen LogP contribution >= 0.6 is 11.8 Å². The van der Waals surface area contributed by atoms with Crippen LogP contribution in [-0.4, -0.2) is 70.2 Å². The Morgan fingerprint density at radius 1 is 1.17 bits per heavy atom. The van der Waals surface area contributed by atoms with Gasteiger partial charge >= 0.3 is 0 Å². The van der Waals surface area contributed by atoms with Crippen molar-refractivity contribution in [3.05, 3.63) is 30.3 Å². The molecule has 1 atom stereocenters. The molecule has 0 amide bonds. The highest BCUT2D eigenvalue weighted by Gasteiger charge is 2.06. The fourth-order valence-electron chi connectivity index (χ4n) is 2.17. The van der Waals surface area contributed by atoms with Crippen molar-refractivity contribution in [3.8, 4) is 0 Å². The van der Waals surface area contributed by atoms with Crippen molar-refractivity contribution >= 4 is 11.8 Å². The third-order valence-corrected chi connectivity index (χ3v) is 4.94. The molecule has 1 aromatic carbocycles. The van der Waals surface area contributed by atoms with E-state index in [1.165, 1.54) is 4.90 Å². The molecule has 0 aromatic heterocycles. The lowest BCUT2D eigenvalue weighted by Gasteiger charge is -2.18. The first kappa shape index (κ1) is 20.5. The number of likely N-dealkylation sites (N-methyl/N-ethyl adjacent to an activating group) is 1. The van der Waals surface area contributed by atoms with Crippen molar-refractivity contribution in [2.24, 2.45) is 0 Å². The molecule has 0 aliphatic rings. The third-order valence-electron chi connectivity index (χ3n) is 3.76. The summed E-state index contributed by atoms with van der Waals surface area (Å²) in [5.74, 6) is 1.11. The van der Waals surface area contributed by atoms with E-state index >= 15 is 0 Å². The Morgan fingerprint density at radius 3 is 2.65 bits per heavy atom. The van der Waals surface area contributed by atoms with Crippen LogP contribution in [0.4, 0.5) is 0 Å². The van der Waals surface area contributed by atoms with E-state index in [1.807, 2.05) is 18.7 Å². The number of hydrogen-bond acceptors (Lipinski definition) is 5. The summed E-state index contributed by atoms with van der Waals surface area (Å²) in [5, 5.41) is 6.96. The van der Waals surface area contributed by atoms with Gasteiger partial charge in [-0.1, -0.05) is 18.2 Å². The van der Waals surface area contributed by atoms with Crippen LogP contribution in [0.25, 0.3) is 0 Å². The van der Waals surface area contributed by atoms with Crippen LogP contribution in [0, 0.1) is 0 Å². The van der Waals surface area contributed by atoms with Crippen LogP contribution in [-0.2, 0) is 4.74 Å². The summed E-state index contributed by atoms with van der Waals surface area (Å²) in [5.41, 5.74) is 0. The number of ether oxygens (including phenoxy) is 1. The van der Waals surface area contributed by atoms with E-state index in [9.17, 15) is 0 Å². The summed E-state index contributed by atoms with van der Waals surface area (Å²) in [6.45, 7) is 7.82. The zero-order valence-corrected chi connectivity index (χ0v) is 15.7. The Balaban J connectivity index is 2.04. The van der Waals surface area contributed by atoms with E-state index in [0.717, 1.165) is 51.6 Å². The second-order valence-corrected chi connectivity index (χ2v) is 6.74. The van der Waals surface area contributed by atoms with Crippen molar-refractivity contribution in [2.75, 3.05) is 59.2 Å². The van der Waals surface area contributed by atoms with Gasteiger partial charge < -0.3 is 20.3 Å². The maximum atomic E-state index is 5.37. The van der Waals surface area contributed by atoms with Gasteiger partial charge in [0.15, 0.2) is 0 Å². The lowest BCUT2D eigenvalue weighted by Crippen LogP contribution is -2.35. The Morgan fingerprint density at radius 2 is 1.96 bits per heavy atom. The smallest absolute Gasteiger partial charge is 0.0593 e. The zero-order valence-electron chi connectivity index (χ0n) is 14.9. The molecule has 0 bridgehead atoms. The minimum Gasteiger partial charge on any atom is -0.380 e. The molecule has 0 aliphatic carbocycles. The fourth-order valence-corrected chi connectivity index (χ4v) is 3.25. The highest BCUT2D eigenvalue weighted by atomic mass is 32.2. The molecule has 1 aromatic rings. The molecule has 0 aliphatic heterocycles. The van der Waals surface area contributed by atoms with Crippen molar-refractivity contribution in [1.82, 2.24) is 15.5 Å². The van der Waals surface area contributed by atoms with E-state index in [1.54, 1.807) is 0 Å². The van der Waals surface area contributed by atoms with Gasteiger partial charge in [0, 0.05) is 42.9 Å². The molecule has 4 nitrogen and oxygen atoms in total. The molecule has 1 rings (SSSR count). The third kappa shape index (κ3) is 10.7. The van der Waals surface area contributed by atoms with E-state index < -0.39 is 0 Å². The molecule has 2 N–H and O–H groups in total. The maximum Gasteiger partial charge on any atom is 0.0593 e. The standard InChI is InChI=1S/C18H33N3OS/c1-4-22-15-14-21(3)13-12-20-11-10-17(19-2)16-23-18-8-6-5-7-9-18/h5-9,17,19-20H,4,10-16H2,1-3H3. The molecule has 0 radical (unpaired) electrons. The normalized spacial score (nSPS) is 12.7. The van der Waals surface area contributed by atoms with Crippen molar-refractivity contribution in [1.29, 1.82) is 0 Å². The van der Waals surface area contributed by atoms with Gasteiger partial charge in [-0.3, -0.25) is 0 Å². The van der Waals surface area contributed by atoms with Gasteiger partial charge in [0.05, 0.1) is 6.61 Å². The lowest BCUT2D eigenvalue weighted by atomic mass is 10.2. The van der Waals surface area contributed by atoms with E-state index in [4.69, 9.17) is 4.74 Å². The van der Waals surface area contributed by atoms with Crippen LogP contribution in [0.2, 0.25) is 0 Å². The second-order valence-electron chi connectivity index (χ2n) is 5.65. The highest BCUT2D eigenvalue weighted by Crippen LogP contribution is 2.18. The number of benzene rings is 1. The van der Waals surface area contributed by atoms with Crippen LogP contribution in [0.15, 0.2) is 35.2 Å². The number of rotatable bonds is 14. The van der Waals surface area contributed by atoms with Gasteiger partial charge in [0.2, 0.25) is 0 Å². The summed E-state index contributed by atoms with van der Waals surface area (Å²) in [6.07, 6.45) is 1.15. The van der Waals surface area contributed by atoms with E-state index in [2.05, 4.69) is 60.0 Å². The largest absolute Gasteiger partial charge is 0.380 e. The first-order valence-electron chi connectivity index (χ1n) is 8.58. The first-order chi connectivity index (χ1) is 11.3. The minimum absolute atomic E-state index is 0.545. The summed E-state index contributed by atoms with van der Waals surface area (Å²) in [4.78, 5) is 3.65. The quantitative estimate of drug-likeness (QED) is 0.402. The molecule has 23 heavy (non-hydrogen) atoms. The Bertz CT molecular complexity index is 378. The fraction of sp³-hybridized carbons (Fsp3) is 0.667. The first-order valence-corrected chi connectivity index (χ1v) is 9.57. The molecule has 5 heteroatoms. The maximum absolute atomic E-state index is 5.37. The SMILES string of the molecule is CCOCCN(C)CCNCCC(CSc1ccccc1)NC. The molecular formula is C18H33N3OS. The molecule has 0 saturated carbocycles. The number of nitrogens with zero attached hydrogens (tertiary/aromatic N) is 1. The van der Waals surface area contributed by atoms with Gasteiger partial charge in [0.1, 0.15) is 0 Å². The van der Waals surface area contributed by atoms with Crippen LogP contribution in [0.1, 0.15) is 13.3 Å². The summed E-state index contributed by atoms with van der Waals surface area (Å²) >= 11 is 1.92. The lowest BCUT2D eigenvalue weighted by molar-refractivity contribution is 0.122. The van der Waals surface area contributed by atoms with Crippen molar-refractivity contribution in [2.45, 2.75) is 24.3 Å². The molecule has 1 unspecified atom stereocenters. The number of hydrogen-bond donors (Lipinski definition) is 2. The van der Waals surface area contributed by atoms with Crippen LogP contribution in [0.3, 0.4) is 0 Å². The van der Waals surface area contributed by atoms with Crippen molar-refractivity contribution < 1.29 is 4.74 Å². The summed E-state index contributed by atoms with van der Waals surface area (Å²) in [6, 6.07) is 11.2. The predicted molar refractivity (Wildman–Crippen MR) is 101 cm³/mol. The summed E-state index contributed by atoms with van der Waals surface area (Å²) < 4.78 is 5.37. The summed E-state index contributed by atoms with van der Waals surface area (Å²) in [7, 11) is 4.20. The molecule has 0 fully saturated rings. The highest BCUT2D eigenvalue weighted by molar-refractivity contribution is 7.99. The van der Waals surface area contributed by atoms with E-state index in [-0.39, 0.29) is 0 Å². The minimum atomic E-state index is 0.545. The van der Waals surface area contributed by atoms with Crippen LogP contribution in [0.5, 0.6) is 0 Å². The van der Waals surface area contributed by atoms with Gasteiger partial charge in [-0.2, -0.15) is 0 Å². The number of nitrogens with one attached hydrogen (secondary N) is 2. The zero-order chi connectivity index (χ0) is 16.8. The average molecular weight is 340 g/mol. The Hall–Kier alpha value is -0.590. The molecule has 132 valence electrons. The van der Waals surface area contributed by atoms with Gasteiger partial charge in [-0.15, -0.1) is 11.8 Å². The van der Waals surface area contributed by atoms with Gasteiger partial charge in [-0.25, -0.2) is 0 Å². The van der Waals surface area contributed by atoms with Crippen molar-refractivity contribution in [3.63, 3.8) is 0 Å². The topological polar surface area (TPSA) is 36.5 Å². The Labute approximate surface area is 146 Å². The number of thioether (sulfide) groups is 1. The van der Waals surface area contributed by atoms with Crippen LogP contribution < -0.4 is 10.6 Å². The van der Waals surface area contributed by atoms with E-state index in [0.29, 0.717) is 6.04 Å². The molecule has 0 spiro atoms. The molecular weight excluding hydrogens is 306 g/mol. The average Bonchev–Trinajstić information content (AvgIpc) is 2.58. The Kier molecular flexibility index (Phi) is 12.3. The monoisotopic (exact) mass is 339 g/mol. The predicted octanol–water partition coefficient (Wildman–Crippen LogP) is 2.31. The second kappa shape index (κ2) is 13.8. The molecule has 0 saturated heterocycles. The molecule has 0 heterocycles.